The quantitative estimate of drug-likeness (QED) is 0.893. The van der Waals surface area contributed by atoms with Gasteiger partial charge in [0.2, 0.25) is 5.91 Å². The molecular formula is C15H22N2O2. The number of amides is 1. The van der Waals surface area contributed by atoms with Crippen LogP contribution in [0.2, 0.25) is 0 Å². The second kappa shape index (κ2) is 5.31. The van der Waals surface area contributed by atoms with Crippen LogP contribution in [0.3, 0.4) is 0 Å². The van der Waals surface area contributed by atoms with E-state index >= 15 is 0 Å². The standard InChI is InChI=1S/C15H22N2O2/c1-11-4-6-12(7-5-11)8-17(3)14(18)15(2)10-19-9-13(15)16/h4-7,13H,8-10,16H2,1-3H3. The number of carbonyl (C=O) groups is 1. The zero-order chi connectivity index (χ0) is 14.0. The van der Waals surface area contributed by atoms with Gasteiger partial charge in [-0.1, -0.05) is 29.8 Å². The van der Waals surface area contributed by atoms with E-state index in [1.54, 1.807) is 4.90 Å². The third kappa shape index (κ3) is 2.80. The minimum absolute atomic E-state index is 0.0538. The first kappa shape index (κ1) is 14.0. The summed E-state index contributed by atoms with van der Waals surface area (Å²) < 4.78 is 5.34. The molecule has 4 nitrogen and oxygen atoms in total. The summed E-state index contributed by atoms with van der Waals surface area (Å²) in [6.07, 6.45) is 0. The van der Waals surface area contributed by atoms with E-state index < -0.39 is 5.41 Å². The van der Waals surface area contributed by atoms with E-state index in [0.29, 0.717) is 19.8 Å². The van der Waals surface area contributed by atoms with Gasteiger partial charge in [0.25, 0.3) is 0 Å². The molecule has 1 fully saturated rings. The average molecular weight is 262 g/mol. The second-order valence-electron chi connectivity index (χ2n) is 5.69. The molecule has 1 amide bonds. The van der Waals surface area contributed by atoms with Gasteiger partial charge in [-0.3, -0.25) is 4.79 Å². The number of hydrogen-bond donors (Lipinski definition) is 1. The van der Waals surface area contributed by atoms with Crippen LogP contribution in [0.1, 0.15) is 18.1 Å². The molecule has 0 saturated carbocycles. The summed E-state index contributed by atoms with van der Waals surface area (Å²) in [5.41, 5.74) is 7.74. The minimum atomic E-state index is -0.598. The Labute approximate surface area is 114 Å². The van der Waals surface area contributed by atoms with E-state index in [9.17, 15) is 4.79 Å². The highest BCUT2D eigenvalue weighted by Gasteiger charge is 2.45. The number of aryl methyl sites for hydroxylation is 1. The Bertz CT molecular complexity index is 458. The average Bonchev–Trinajstić information content (AvgIpc) is 2.72. The van der Waals surface area contributed by atoms with Gasteiger partial charge in [-0.2, -0.15) is 0 Å². The summed E-state index contributed by atoms with van der Waals surface area (Å²) in [7, 11) is 1.82. The smallest absolute Gasteiger partial charge is 0.232 e. The maximum atomic E-state index is 12.5. The van der Waals surface area contributed by atoms with Crippen molar-refractivity contribution in [3.63, 3.8) is 0 Å². The molecule has 1 aromatic rings. The maximum Gasteiger partial charge on any atom is 0.232 e. The van der Waals surface area contributed by atoms with Gasteiger partial charge in [0.05, 0.1) is 18.6 Å². The first-order valence-electron chi connectivity index (χ1n) is 6.58. The molecule has 2 N–H and O–H groups in total. The third-order valence-corrected chi connectivity index (χ3v) is 3.89. The van der Waals surface area contributed by atoms with E-state index in [-0.39, 0.29) is 11.9 Å². The van der Waals surface area contributed by atoms with E-state index in [4.69, 9.17) is 10.5 Å². The van der Waals surface area contributed by atoms with Gasteiger partial charge in [-0.15, -0.1) is 0 Å². The molecule has 1 aliphatic rings. The van der Waals surface area contributed by atoms with E-state index in [1.165, 1.54) is 5.56 Å². The summed E-state index contributed by atoms with van der Waals surface area (Å²) in [6, 6.07) is 7.99. The molecule has 1 saturated heterocycles. The number of hydrogen-bond acceptors (Lipinski definition) is 3. The molecule has 104 valence electrons. The van der Waals surface area contributed by atoms with E-state index in [0.717, 1.165) is 5.56 Å². The molecular weight excluding hydrogens is 240 g/mol. The molecule has 1 aliphatic heterocycles. The fraction of sp³-hybridized carbons (Fsp3) is 0.533. The van der Waals surface area contributed by atoms with Crippen molar-refractivity contribution in [3.8, 4) is 0 Å². The first-order valence-corrected chi connectivity index (χ1v) is 6.58. The molecule has 1 aromatic carbocycles. The summed E-state index contributed by atoms with van der Waals surface area (Å²) in [5.74, 6) is 0.0538. The highest BCUT2D eigenvalue weighted by molar-refractivity contribution is 5.83. The van der Waals surface area contributed by atoms with Crippen molar-refractivity contribution >= 4 is 5.91 Å². The van der Waals surface area contributed by atoms with Crippen molar-refractivity contribution in [2.24, 2.45) is 11.1 Å². The Balaban J connectivity index is 2.05. The topological polar surface area (TPSA) is 55.6 Å². The van der Waals surface area contributed by atoms with Gasteiger partial charge < -0.3 is 15.4 Å². The van der Waals surface area contributed by atoms with Crippen LogP contribution in [0.5, 0.6) is 0 Å². The number of nitrogens with zero attached hydrogens (tertiary/aromatic N) is 1. The highest BCUT2D eigenvalue weighted by Crippen LogP contribution is 2.29. The number of ether oxygens (including phenoxy) is 1. The molecule has 4 heteroatoms. The lowest BCUT2D eigenvalue weighted by molar-refractivity contribution is -0.140. The van der Waals surface area contributed by atoms with Crippen LogP contribution in [0.4, 0.5) is 0 Å². The van der Waals surface area contributed by atoms with Crippen molar-refractivity contribution in [2.45, 2.75) is 26.4 Å². The predicted molar refractivity (Wildman–Crippen MR) is 74.6 cm³/mol. The first-order chi connectivity index (χ1) is 8.93. The van der Waals surface area contributed by atoms with Gasteiger partial charge in [0, 0.05) is 19.6 Å². The molecule has 0 aromatic heterocycles. The van der Waals surface area contributed by atoms with Crippen LogP contribution in [0, 0.1) is 12.3 Å². The molecule has 0 spiro atoms. The predicted octanol–water partition coefficient (Wildman–Crippen LogP) is 1.32. The molecule has 2 unspecified atom stereocenters. The Morgan fingerprint density at radius 2 is 2.11 bits per heavy atom. The maximum absolute atomic E-state index is 12.5. The molecule has 1 heterocycles. The molecule has 2 atom stereocenters. The fourth-order valence-corrected chi connectivity index (χ4v) is 2.38. The van der Waals surface area contributed by atoms with Gasteiger partial charge >= 0.3 is 0 Å². The zero-order valence-electron chi connectivity index (χ0n) is 11.8. The lowest BCUT2D eigenvalue weighted by Gasteiger charge is -2.30. The number of benzene rings is 1. The van der Waals surface area contributed by atoms with Crippen LogP contribution in [0.25, 0.3) is 0 Å². The summed E-state index contributed by atoms with van der Waals surface area (Å²) in [4.78, 5) is 14.3. The minimum Gasteiger partial charge on any atom is -0.379 e. The SMILES string of the molecule is Cc1ccc(CN(C)C(=O)C2(C)COCC2N)cc1. The Kier molecular flexibility index (Phi) is 3.92. The largest absolute Gasteiger partial charge is 0.379 e. The second-order valence-corrected chi connectivity index (χ2v) is 5.69. The zero-order valence-corrected chi connectivity index (χ0v) is 11.8. The van der Waals surface area contributed by atoms with Gasteiger partial charge in [-0.05, 0) is 19.4 Å². The number of nitrogens with two attached hydrogens (primary N) is 1. The van der Waals surface area contributed by atoms with Crippen LogP contribution in [-0.2, 0) is 16.1 Å². The summed E-state index contributed by atoms with van der Waals surface area (Å²) in [6.45, 7) is 5.40. The molecule has 0 aliphatic carbocycles. The Morgan fingerprint density at radius 1 is 1.47 bits per heavy atom. The summed E-state index contributed by atoms with van der Waals surface area (Å²) >= 11 is 0. The summed E-state index contributed by atoms with van der Waals surface area (Å²) in [5, 5.41) is 0. The van der Waals surface area contributed by atoms with Crippen molar-refractivity contribution in [1.82, 2.24) is 4.90 Å². The molecule has 2 rings (SSSR count). The van der Waals surface area contributed by atoms with Gasteiger partial charge in [0.15, 0.2) is 0 Å². The van der Waals surface area contributed by atoms with Crippen LogP contribution >= 0.6 is 0 Å². The van der Waals surface area contributed by atoms with Crippen LogP contribution in [-0.4, -0.2) is 37.1 Å². The van der Waals surface area contributed by atoms with Crippen molar-refractivity contribution in [3.05, 3.63) is 35.4 Å². The lowest BCUT2D eigenvalue weighted by Crippen LogP contribution is -2.50. The van der Waals surface area contributed by atoms with Crippen LogP contribution in [0.15, 0.2) is 24.3 Å². The normalized spacial score (nSPS) is 26.4. The monoisotopic (exact) mass is 262 g/mol. The molecule has 0 radical (unpaired) electrons. The number of rotatable bonds is 3. The van der Waals surface area contributed by atoms with Gasteiger partial charge in [0.1, 0.15) is 0 Å². The lowest BCUT2D eigenvalue weighted by atomic mass is 9.84. The van der Waals surface area contributed by atoms with E-state index in [2.05, 4.69) is 19.1 Å². The Hall–Kier alpha value is -1.39. The fourth-order valence-electron chi connectivity index (χ4n) is 2.38. The van der Waals surface area contributed by atoms with Crippen molar-refractivity contribution in [1.29, 1.82) is 0 Å². The van der Waals surface area contributed by atoms with Crippen LogP contribution < -0.4 is 5.73 Å². The third-order valence-electron chi connectivity index (χ3n) is 3.89. The van der Waals surface area contributed by atoms with Gasteiger partial charge in [-0.25, -0.2) is 0 Å². The van der Waals surface area contributed by atoms with E-state index in [1.807, 2.05) is 26.1 Å². The molecule has 0 bridgehead atoms. The Morgan fingerprint density at radius 3 is 2.63 bits per heavy atom. The van der Waals surface area contributed by atoms with Crippen molar-refractivity contribution in [2.75, 3.05) is 20.3 Å². The molecule has 19 heavy (non-hydrogen) atoms. The number of carbonyl (C=O) groups excluding carboxylic acids is 1. The van der Waals surface area contributed by atoms with Crippen molar-refractivity contribution < 1.29 is 9.53 Å². The highest BCUT2D eigenvalue weighted by atomic mass is 16.5.